The fraction of sp³-hybridized carbons (Fsp3) is 0.235. The van der Waals surface area contributed by atoms with E-state index in [9.17, 15) is 4.79 Å². The number of rotatable bonds is 6. The molecule has 8 heteroatoms. The molecule has 2 heterocycles. The van der Waals surface area contributed by atoms with Gasteiger partial charge in [0, 0.05) is 18.9 Å². The minimum Gasteiger partial charge on any atom is -0.355 e. The number of hydrogen-bond acceptors (Lipinski definition) is 6. The summed E-state index contributed by atoms with van der Waals surface area (Å²) in [5, 5.41) is 10.0. The highest BCUT2D eigenvalue weighted by Gasteiger charge is 2.12. The molecular formula is C17H19N7O. The lowest BCUT2D eigenvalue weighted by Crippen LogP contribution is -2.27. The van der Waals surface area contributed by atoms with Gasteiger partial charge in [0.1, 0.15) is 12.7 Å². The van der Waals surface area contributed by atoms with Crippen LogP contribution in [0.15, 0.2) is 49.3 Å². The van der Waals surface area contributed by atoms with E-state index in [0.717, 1.165) is 17.8 Å². The molecule has 128 valence electrons. The maximum Gasteiger partial charge on any atom is 0.254 e. The Morgan fingerprint density at radius 1 is 1.20 bits per heavy atom. The third kappa shape index (κ3) is 3.97. The highest BCUT2D eigenvalue weighted by atomic mass is 16.1. The molecule has 1 atom stereocenters. The molecule has 0 bridgehead atoms. The van der Waals surface area contributed by atoms with Gasteiger partial charge in [-0.25, -0.2) is 19.6 Å². The molecule has 2 N–H and O–H groups in total. The summed E-state index contributed by atoms with van der Waals surface area (Å²) in [6, 6.07) is 7.62. The van der Waals surface area contributed by atoms with Crippen molar-refractivity contribution in [3.05, 3.63) is 60.4 Å². The molecule has 0 aliphatic carbocycles. The Morgan fingerprint density at radius 2 is 1.92 bits per heavy atom. The van der Waals surface area contributed by atoms with Crippen LogP contribution in [0.2, 0.25) is 0 Å². The second-order valence-electron chi connectivity index (χ2n) is 5.45. The quantitative estimate of drug-likeness (QED) is 0.714. The van der Waals surface area contributed by atoms with Crippen molar-refractivity contribution in [3.63, 3.8) is 0 Å². The van der Waals surface area contributed by atoms with Gasteiger partial charge in [-0.05, 0) is 31.5 Å². The van der Waals surface area contributed by atoms with Crippen molar-refractivity contribution in [2.45, 2.75) is 19.9 Å². The number of benzene rings is 1. The molecule has 0 unspecified atom stereocenters. The first-order valence-electron chi connectivity index (χ1n) is 7.99. The number of aromatic nitrogens is 5. The van der Waals surface area contributed by atoms with Crippen LogP contribution in [0.1, 0.15) is 35.8 Å². The molecule has 3 aromatic rings. The van der Waals surface area contributed by atoms with Gasteiger partial charge in [0.05, 0.1) is 17.3 Å². The van der Waals surface area contributed by atoms with Crippen molar-refractivity contribution in [2.75, 3.05) is 11.9 Å². The van der Waals surface area contributed by atoms with Gasteiger partial charge in [-0.1, -0.05) is 12.1 Å². The minimum atomic E-state index is -0.212. The highest BCUT2D eigenvalue weighted by Crippen LogP contribution is 2.15. The van der Waals surface area contributed by atoms with Crippen LogP contribution in [-0.4, -0.2) is 37.2 Å². The van der Waals surface area contributed by atoms with Crippen LogP contribution in [0.25, 0.3) is 5.69 Å². The van der Waals surface area contributed by atoms with Gasteiger partial charge in [0.2, 0.25) is 5.95 Å². The van der Waals surface area contributed by atoms with E-state index >= 15 is 0 Å². The van der Waals surface area contributed by atoms with Crippen molar-refractivity contribution < 1.29 is 4.79 Å². The smallest absolute Gasteiger partial charge is 0.254 e. The molecule has 0 radical (unpaired) electrons. The average Bonchev–Trinajstić information content (AvgIpc) is 3.17. The Bertz CT molecular complexity index is 813. The van der Waals surface area contributed by atoms with Crippen LogP contribution in [0, 0.1) is 0 Å². The number of carbonyl (C=O) groups excluding carboxylic acids is 1. The van der Waals surface area contributed by atoms with Crippen LogP contribution in [0.5, 0.6) is 0 Å². The Labute approximate surface area is 145 Å². The first kappa shape index (κ1) is 16.6. The molecule has 0 fully saturated rings. The monoisotopic (exact) mass is 337 g/mol. The van der Waals surface area contributed by atoms with Gasteiger partial charge in [-0.2, -0.15) is 5.10 Å². The second kappa shape index (κ2) is 7.52. The van der Waals surface area contributed by atoms with E-state index in [1.165, 1.54) is 18.7 Å². The molecule has 0 aliphatic rings. The lowest BCUT2D eigenvalue weighted by Gasteiger charge is -2.15. The van der Waals surface area contributed by atoms with Gasteiger partial charge in [0.15, 0.2) is 0 Å². The molecule has 0 aliphatic heterocycles. The summed E-state index contributed by atoms with van der Waals surface area (Å²) >= 11 is 0. The molecule has 0 spiro atoms. The number of hydrogen-bond donors (Lipinski definition) is 2. The Morgan fingerprint density at radius 3 is 2.52 bits per heavy atom. The van der Waals surface area contributed by atoms with Crippen molar-refractivity contribution in [3.8, 4) is 5.69 Å². The summed E-state index contributed by atoms with van der Waals surface area (Å²) in [6.45, 7) is 4.61. The fourth-order valence-electron chi connectivity index (χ4n) is 2.32. The zero-order chi connectivity index (χ0) is 17.6. The molecule has 1 aromatic carbocycles. The maximum atomic E-state index is 12.3. The van der Waals surface area contributed by atoms with Crippen LogP contribution in [0.3, 0.4) is 0 Å². The summed E-state index contributed by atoms with van der Waals surface area (Å²) < 4.78 is 1.68. The first-order chi connectivity index (χ1) is 12.2. The third-order valence-electron chi connectivity index (χ3n) is 3.67. The van der Waals surface area contributed by atoms with E-state index < -0.39 is 0 Å². The molecule has 1 amide bonds. The van der Waals surface area contributed by atoms with E-state index in [2.05, 4.69) is 30.7 Å². The molecule has 2 aromatic heterocycles. The van der Waals surface area contributed by atoms with Gasteiger partial charge >= 0.3 is 0 Å². The van der Waals surface area contributed by atoms with Crippen LogP contribution in [-0.2, 0) is 0 Å². The Hall–Kier alpha value is -3.29. The van der Waals surface area contributed by atoms with Gasteiger partial charge in [-0.3, -0.25) is 4.79 Å². The van der Waals surface area contributed by atoms with Crippen molar-refractivity contribution in [1.29, 1.82) is 0 Å². The number of anilines is 1. The third-order valence-corrected chi connectivity index (χ3v) is 3.67. The summed E-state index contributed by atoms with van der Waals surface area (Å²) in [5.74, 6) is 0.298. The van der Waals surface area contributed by atoms with Gasteiger partial charge in [-0.15, -0.1) is 0 Å². The van der Waals surface area contributed by atoms with E-state index in [1.54, 1.807) is 11.0 Å². The lowest BCUT2D eigenvalue weighted by molar-refractivity contribution is 0.0939. The number of amides is 1. The summed E-state index contributed by atoms with van der Waals surface area (Å²) in [7, 11) is 0. The first-order valence-corrected chi connectivity index (χ1v) is 7.99. The number of nitrogens with zero attached hydrogens (tertiary/aromatic N) is 5. The van der Waals surface area contributed by atoms with Gasteiger partial charge < -0.3 is 10.6 Å². The number of nitrogens with one attached hydrogen (secondary N) is 2. The van der Waals surface area contributed by atoms with Gasteiger partial charge in [0.25, 0.3) is 5.91 Å². The minimum absolute atomic E-state index is 0.147. The zero-order valence-electron chi connectivity index (χ0n) is 14.0. The normalized spacial score (nSPS) is 11.8. The lowest BCUT2D eigenvalue weighted by atomic mass is 10.1. The molecule has 0 saturated carbocycles. The molecule has 25 heavy (non-hydrogen) atoms. The predicted octanol–water partition coefficient (Wildman–Crippen LogP) is 1.98. The predicted molar refractivity (Wildman–Crippen MR) is 93.4 cm³/mol. The van der Waals surface area contributed by atoms with E-state index in [1.807, 2.05) is 38.1 Å². The van der Waals surface area contributed by atoms with Crippen molar-refractivity contribution in [1.82, 2.24) is 30.0 Å². The van der Waals surface area contributed by atoms with E-state index in [-0.39, 0.29) is 11.9 Å². The number of carbonyl (C=O) groups is 1. The molecule has 0 saturated heterocycles. The van der Waals surface area contributed by atoms with Crippen LogP contribution < -0.4 is 10.6 Å². The standard InChI is InChI=1S/C17H19N7O/c1-3-19-17-20-8-14(9-21-17)16(25)23-12(2)13-4-6-15(7-5-13)24-11-18-10-22-24/h4-12H,3H2,1-2H3,(H,23,25)(H,19,20,21)/t12-/m0/s1. The topological polar surface area (TPSA) is 97.6 Å². The Kier molecular flexibility index (Phi) is 4.98. The summed E-state index contributed by atoms with van der Waals surface area (Å²) in [6.07, 6.45) is 6.15. The van der Waals surface area contributed by atoms with Crippen molar-refractivity contribution in [2.24, 2.45) is 0 Å². The largest absolute Gasteiger partial charge is 0.355 e. The molecular weight excluding hydrogens is 318 g/mol. The summed E-state index contributed by atoms with van der Waals surface area (Å²) in [5.41, 5.74) is 2.32. The van der Waals surface area contributed by atoms with E-state index in [0.29, 0.717) is 11.5 Å². The average molecular weight is 337 g/mol. The highest BCUT2D eigenvalue weighted by molar-refractivity contribution is 5.93. The van der Waals surface area contributed by atoms with Crippen molar-refractivity contribution >= 4 is 11.9 Å². The maximum absolute atomic E-state index is 12.3. The van der Waals surface area contributed by atoms with Crippen LogP contribution >= 0.6 is 0 Å². The SMILES string of the molecule is CCNc1ncc(C(=O)N[C@@H](C)c2ccc(-n3cncn3)cc2)cn1. The second-order valence-corrected chi connectivity index (χ2v) is 5.45. The van der Waals surface area contributed by atoms with Crippen LogP contribution in [0.4, 0.5) is 5.95 Å². The molecule has 3 rings (SSSR count). The fourth-order valence-corrected chi connectivity index (χ4v) is 2.32. The summed E-state index contributed by atoms with van der Waals surface area (Å²) in [4.78, 5) is 24.5. The zero-order valence-corrected chi connectivity index (χ0v) is 14.0. The van der Waals surface area contributed by atoms with E-state index in [4.69, 9.17) is 0 Å². The Balaban J connectivity index is 1.64. The molecule has 8 nitrogen and oxygen atoms in total.